The first-order chi connectivity index (χ1) is 12.0. The number of para-hydroxylation sites is 1. The zero-order valence-electron chi connectivity index (χ0n) is 13.8. The van der Waals surface area contributed by atoms with E-state index in [1.54, 1.807) is 29.2 Å². The maximum absolute atomic E-state index is 12.2. The van der Waals surface area contributed by atoms with Crippen molar-refractivity contribution in [2.45, 2.75) is 18.2 Å². The monoisotopic (exact) mass is 354 g/mol. The average molecular weight is 354 g/mol. The third-order valence-electron chi connectivity index (χ3n) is 3.92. The number of Topliss-reactive ketones (excluding diaryl/α,β-unsaturated/α-hetero) is 1. The van der Waals surface area contributed by atoms with Gasteiger partial charge in [0.25, 0.3) is 0 Å². The van der Waals surface area contributed by atoms with E-state index >= 15 is 0 Å². The van der Waals surface area contributed by atoms with Gasteiger partial charge < -0.3 is 10.2 Å². The Bertz CT molecular complexity index is 835. The Morgan fingerprint density at radius 1 is 1.16 bits per heavy atom. The molecule has 1 N–H and O–H groups in total. The van der Waals surface area contributed by atoms with Crippen LogP contribution in [0.3, 0.4) is 0 Å². The van der Waals surface area contributed by atoms with Gasteiger partial charge in [0.15, 0.2) is 5.78 Å². The molecule has 0 saturated heterocycles. The second-order valence-electron chi connectivity index (χ2n) is 5.74. The fourth-order valence-corrected chi connectivity index (χ4v) is 3.59. The van der Waals surface area contributed by atoms with Crippen LogP contribution in [0.2, 0.25) is 0 Å². The normalized spacial score (nSPS) is 13.3. The number of thioether (sulfide) groups is 1. The number of nitrogens with zero attached hydrogens (tertiary/aromatic N) is 1. The molecular formula is C19H18N2O3S. The summed E-state index contributed by atoms with van der Waals surface area (Å²) < 4.78 is 0. The van der Waals surface area contributed by atoms with Crippen LogP contribution in [-0.2, 0) is 9.59 Å². The summed E-state index contributed by atoms with van der Waals surface area (Å²) in [7, 11) is 0. The van der Waals surface area contributed by atoms with Gasteiger partial charge in [-0.05, 0) is 31.2 Å². The van der Waals surface area contributed by atoms with E-state index in [0.717, 1.165) is 10.6 Å². The fraction of sp³-hybridized carbons (Fsp3) is 0.211. The van der Waals surface area contributed by atoms with E-state index in [-0.39, 0.29) is 24.0 Å². The molecule has 25 heavy (non-hydrogen) atoms. The second-order valence-corrected chi connectivity index (χ2v) is 6.75. The van der Waals surface area contributed by atoms with Gasteiger partial charge in [0.05, 0.1) is 11.4 Å². The van der Waals surface area contributed by atoms with Crippen LogP contribution in [0.4, 0.5) is 11.4 Å². The van der Waals surface area contributed by atoms with Crippen LogP contribution in [-0.4, -0.2) is 29.9 Å². The van der Waals surface area contributed by atoms with Crippen LogP contribution >= 0.6 is 11.8 Å². The van der Waals surface area contributed by atoms with Crippen molar-refractivity contribution < 1.29 is 14.4 Å². The number of nitrogens with one attached hydrogen (secondary N) is 1. The molecule has 1 aliphatic rings. The maximum atomic E-state index is 12.2. The van der Waals surface area contributed by atoms with E-state index in [2.05, 4.69) is 5.32 Å². The predicted molar refractivity (Wildman–Crippen MR) is 99.2 cm³/mol. The van der Waals surface area contributed by atoms with Gasteiger partial charge in [-0.15, -0.1) is 11.8 Å². The van der Waals surface area contributed by atoms with E-state index in [4.69, 9.17) is 0 Å². The van der Waals surface area contributed by atoms with Crippen molar-refractivity contribution in [1.82, 2.24) is 0 Å². The number of ketones is 1. The van der Waals surface area contributed by atoms with Crippen molar-refractivity contribution >= 4 is 40.7 Å². The van der Waals surface area contributed by atoms with E-state index in [0.29, 0.717) is 23.5 Å². The standard InChI is InChI=1S/C19H18N2O3S/c1-13(22)14-5-4-6-15(11-14)20-18(23)9-10-21-16-7-2-3-8-17(16)25-12-19(21)24/h2-8,11H,9-10,12H2,1H3,(H,20,23). The summed E-state index contributed by atoms with van der Waals surface area (Å²) >= 11 is 1.52. The van der Waals surface area contributed by atoms with Crippen LogP contribution in [0.15, 0.2) is 53.4 Å². The van der Waals surface area contributed by atoms with Gasteiger partial charge in [0, 0.05) is 29.1 Å². The number of benzene rings is 2. The number of hydrogen-bond donors (Lipinski definition) is 1. The Balaban J connectivity index is 1.64. The highest BCUT2D eigenvalue weighted by molar-refractivity contribution is 8.00. The first-order valence-corrected chi connectivity index (χ1v) is 8.96. The minimum atomic E-state index is -0.191. The Morgan fingerprint density at radius 2 is 1.96 bits per heavy atom. The summed E-state index contributed by atoms with van der Waals surface area (Å²) in [6.45, 7) is 1.81. The smallest absolute Gasteiger partial charge is 0.237 e. The molecule has 0 radical (unpaired) electrons. The number of carbonyl (C=O) groups excluding carboxylic acids is 3. The minimum absolute atomic E-state index is 0.00933. The molecule has 5 nitrogen and oxygen atoms in total. The van der Waals surface area contributed by atoms with Crippen LogP contribution < -0.4 is 10.2 Å². The maximum Gasteiger partial charge on any atom is 0.237 e. The molecule has 6 heteroatoms. The van der Waals surface area contributed by atoms with Gasteiger partial charge >= 0.3 is 0 Å². The molecule has 2 aromatic carbocycles. The van der Waals surface area contributed by atoms with Gasteiger partial charge in [-0.3, -0.25) is 14.4 Å². The van der Waals surface area contributed by atoms with Crippen molar-refractivity contribution in [3.8, 4) is 0 Å². The number of carbonyl (C=O) groups is 3. The minimum Gasteiger partial charge on any atom is -0.326 e. The Hall–Kier alpha value is -2.60. The third kappa shape index (κ3) is 4.09. The molecule has 0 bridgehead atoms. The molecule has 0 fully saturated rings. The molecule has 1 aliphatic heterocycles. The van der Waals surface area contributed by atoms with Crippen LogP contribution in [0.5, 0.6) is 0 Å². The van der Waals surface area contributed by atoms with Crippen molar-refractivity contribution in [1.29, 1.82) is 0 Å². The molecule has 0 aliphatic carbocycles. The Kier molecular flexibility index (Phi) is 5.19. The molecule has 1 heterocycles. The molecule has 0 atom stereocenters. The highest BCUT2D eigenvalue weighted by Crippen LogP contribution is 2.34. The van der Waals surface area contributed by atoms with E-state index in [1.165, 1.54) is 18.7 Å². The Labute approximate surface area is 150 Å². The molecule has 0 aromatic heterocycles. The molecule has 3 rings (SSSR count). The highest BCUT2D eigenvalue weighted by Gasteiger charge is 2.24. The van der Waals surface area contributed by atoms with E-state index in [9.17, 15) is 14.4 Å². The fourth-order valence-electron chi connectivity index (χ4n) is 2.65. The average Bonchev–Trinajstić information content (AvgIpc) is 2.61. The predicted octanol–water partition coefficient (Wildman–Crippen LogP) is 3.36. The zero-order valence-corrected chi connectivity index (χ0v) is 14.6. The molecule has 0 spiro atoms. The van der Waals surface area contributed by atoms with Crippen molar-refractivity contribution in [2.75, 3.05) is 22.5 Å². The summed E-state index contributed by atoms with van der Waals surface area (Å²) in [4.78, 5) is 38.5. The van der Waals surface area contributed by atoms with Gasteiger partial charge in [-0.2, -0.15) is 0 Å². The van der Waals surface area contributed by atoms with Crippen molar-refractivity contribution in [3.05, 3.63) is 54.1 Å². The zero-order chi connectivity index (χ0) is 17.8. The molecule has 0 saturated carbocycles. The van der Waals surface area contributed by atoms with Gasteiger partial charge in [0.1, 0.15) is 0 Å². The Morgan fingerprint density at radius 3 is 2.76 bits per heavy atom. The lowest BCUT2D eigenvalue weighted by Gasteiger charge is -2.28. The third-order valence-corrected chi connectivity index (χ3v) is 4.97. The highest BCUT2D eigenvalue weighted by atomic mass is 32.2. The SMILES string of the molecule is CC(=O)c1cccc(NC(=O)CCN2C(=O)CSc3ccccc32)c1. The van der Waals surface area contributed by atoms with Crippen LogP contribution in [0.25, 0.3) is 0 Å². The van der Waals surface area contributed by atoms with Gasteiger partial charge in [-0.1, -0.05) is 24.3 Å². The second kappa shape index (κ2) is 7.53. The van der Waals surface area contributed by atoms with Gasteiger partial charge in [-0.25, -0.2) is 0 Å². The van der Waals surface area contributed by atoms with Gasteiger partial charge in [0.2, 0.25) is 11.8 Å². The number of anilines is 2. The van der Waals surface area contributed by atoms with Crippen LogP contribution in [0.1, 0.15) is 23.7 Å². The largest absolute Gasteiger partial charge is 0.326 e. The van der Waals surface area contributed by atoms with Crippen molar-refractivity contribution in [2.24, 2.45) is 0 Å². The summed E-state index contributed by atoms with van der Waals surface area (Å²) in [5.41, 5.74) is 1.99. The quantitative estimate of drug-likeness (QED) is 0.836. The summed E-state index contributed by atoms with van der Waals surface area (Å²) in [5, 5.41) is 2.78. The summed E-state index contributed by atoms with van der Waals surface area (Å²) in [6, 6.07) is 14.5. The number of hydrogen-bond acceptors (Lipinski definition) is 4. The van der Waals surface area contributed by atoms with Crippen molar-refractivity contribution in [3.63, 3.8) is 0 Å². The lowest BCUT2D eigenvalue weighted by molar-refractivity contribution is -0.117. The number of rotatable bonds is 5. The molecule has 2 amide bonds. The molecule has 2 aromatic rings. The topological polar surface area (TPSA) is 66.5 Å². The van der Waals surface area contributed by atoms with E-state index < -0.39 is 0 Å². The summed E-state index contributed by atoms with van der Waals surface area (Å²) in [6.07, 6.45) is 0.190. The first kappa shape index (κ1) is 17.2. The number of fused-ring (bicyclic) bond motifs is 1. The lowest BCUT2D eigenvalue weighted by atomic mass is 10.1. The first-order valence-electron chi connectivity index (χ1n) is 7.97. The lowest BCUT2D eigenvalue weighted by Crippen LogP contribution is -2.37. The number of amides is 2. The molecule has 0 unspecified atom stereocenters. The molecule has 128 valence electrons. The van der Waals surface area contributed by atoms with E-state index in [1.807, 2.05) is 24.3 Å². The van der Waals surface area contributed by atoms with Crippen LogP contribution in [0, 0.1) is 0 Å². The summed E-state index contributed by atoms with van der Waals surface area (Å²) in [5.74, 6) is 0.155. The molecular weight excluding hydrogens is 336 g/mol.